The van der Waals surface area contributed by atoms with Gasteiger partial charge in [0, 0.05) is 18.6 Å². The number of ether oxygens (including phenoxy) is 1. The minimum absolute atomic E-state index is 0.100. The van der Waals surface area contributed by atoms with Gasteiger partial charge in [0.25, 0.3) is 0 Å². The molecule has 1 aliphatic heterocycles. The van der Waals surface area contributed by atoms with E-state index in [0.717, 1.165) is 11.3 Å². The van der Waals surface area contributed by atoms with Crippen molar-refractivity contribution in [3.05, 3.63) is 46.7 Å². The van der Waals surface area contributed by atoms with Crippen LogP contribution in [-0.4, -0.2) is 24.1 Å². The lowest BCUT2D eigenvalue weighted by atomic mass is 9.73. The number of carbonyl (C=O) groups excluding carboxylic acids is 1. The zero-order valence-electron chi connectivity index (χ0n) is 12.3. The molecule has 2 heterocycles. The summed E-state index contributed by atoms with van der Waals surface area (Å²) in [5.41, 5.74) is 1.01. The van der Waals surface area contributed by atoms with Gasteiger partial charge in [-0.2, -0.15) is 0 Å². The molecule has 3 rings (SSSR count). The number of benzene rings is 1. The van der Waals surface area contributed by atoms with Gasteiger partial charge in [-0.05, 0) is 37.5 Å². The lowest BCUT2D eigenvalue weighted by Crippen LogP contribution is -2.44. The van der Waals surface area contributed by atoms with E-state index in [9.17, 15) is 9.18 Å². The smallest absolute Gasteiger partial charge is 0.236 e. The van der Waals surface area contributed by atoms with E-state index in [2.05, 4.69) is 10.3 Å². The molecule has 0 spiro atoms. The summed E-state index contributed by atoms with van der Waals surface area (Å²) in [6.07, 6.45) is 1.16. The lowest BCUT2D eigenvalue weighted by Gasteiger charge is -2.36. The highest BCUT2D eigenvalue weighted by atomic mass is 32.1. The molecule has 1 aliphatic rings. The molecule has 2 aromatic rings. The molecule has 0 unspecified atom stereocenters. The number of nitrogens with zero attached hydrogens (tertiary/aromatic N) is 1. The number of anilines is 1. The van der Waals surface area contributed by atoms with Gasteiger partial charge < -0.3 is 10.1 Å². The van der Waals surface area contributed by atoms with Crippen LogP contribution in [0.3, 0.4) is 0 Å². The molecule has 0 bridgehead atoms. The van der Waals surface area contributed by atoms with Crippen LogP contribution >= 0.6 is 11.3 Å². The summed E-state index contributed by atoms with van der Waals surface area (Å²) in [7, 11) is 0. The summed E-state index contributed by atoms with van der Waals surface area (Å²) in [4.78, 5) is 17.2. The second-order valence-electron chi connectivity index (χ2n) is 5.45. The zero-order valence-corrected chi connectivity index (χ0v) is 13.1. The Bertz CT molecular complexity index is 663. The van der Waals surface area contributed by atoms with Crippen LogP contribution in [0.25, 0.3) is 0 Å². The van der Waals surface area contributed by atoms with Crippen molar-refractivity contribution >= 4 is 22.4 Å². The van der Waals surface area contributed by atoms with E-state index in [1.807, 2.05) is 12.3 Å². The van der Waals surface area contributed by atoms with E-state index in [1.54, 1.807) is 12.1 Å². The Kier molecular flexibility index (Phi) is 4.22. The molecule has 116 valence electrons. The van der Waals surface area contributed by atoms with Gasteiger partial charge in [-0.25, -0.2) is 9.37 Å². The number of halogens is 1. The molecule has 0 radical (unpaired) electrons. The normalized spacial score (nSPS) is 17.2. The number of aryl methyl sites for hydroxylation is 1. The highest BCUT2D eigenvalue weighted by molar-refractivity contribution is 7.13. The summed E-state index contributed by atoms with van der Waals surface area (Å²) in [5.74, 6) is -0.404. The first-order valence-electron chi connectivity index (χ1n) is 7.17. The average Bonchev–Trinajstić information content (AvgIpc) is 2.93. The highest BCUT2D eigenvalue weighted by Gasteiger charge is 2.42. The Morgan fingerprint density at radius 1 is 1.32 bits per heavy atom. The van der Waals surface area contributed by atoms with Gasteiger partial charge >= 0.3 is 0 Å². The molecular weight excluding hydrogens is 303 g/mol. The Labute approximate surface area is 132 Å². The summed E-state index contributed by atoms with van der Waals surface area (Å²) in [5, 5.41) is 5.39. The monoisotopic (exact) mass is 320 g/mol. The van der Waals surface area contributed by atoms with Crippen molar-refractivity contribution in [1.29, 1.82) is 0 Å². The molecule has 1 aromatic heterocycles. The van der Waals surface area contributed by atoms with Gasteiger partial charge in [0.15, 0.2) is 5.13 Å². The van der Waals surface area contributed by atoms with E-state index < -0.39 is 5.41 Å². The van der Waals surface area contributed by atoms with Crippen LogP contribution < -0.4 is 5.32 Å². The number of amides is 1. The van der Waals surface area contributed by atoms with Gasteiger partial charge in [-0.1, -0.05) is 12.1 Å². The highest BCUT2D eigenvalue weighted by Crippen LogP contribution is 2.36. The number of hydrogen-bond acceptors (Lipinski definition) is 4. The van der Waals surface area contributed by atoms with Crippen molar-refractivity contribution in [3.8, 4) is 0 Å². The first kappa shape index (κ1) is 15.1. The van der Waals surface area contributed by atoms with Crippen LogP contribution in [0.4, 0.5) is 9.52 Å². The second-order valence-corrected chi connectivity index (χ2v) is 6.31. The second kappa shape index (κ2) is 6.14. The van der Waals surface area contributed by atoms with Crippen molar-refractivity contribution < 1.29 is 13.9 Å². The van der Waals surface area contributed by atoms with Crippen LogP contribution in [0.15, 0.2) is 29.6 Å². The molecule has 1 saturated heterocycles. The molecule has 22 heavy (non-hydrogen) atoms. The lowest BCUT2D eigenvalue weighted by molar-refractivity contribution is -0.125. The number of hydrogen-bond donors (Lipinski definition) is 1. The number of nitrogens with one attached hydrogen (secondary N) is 1. The third-order valence-electron chi connectivity index (χ3n) is 4.02. The fourth-order valence-corrected chi connectivity index (χ4v) is 3.45. The van der Waals surface area contributed by atoms with E-state index in [4.69, 9.17) is 4.74 Å². The van der Waals surface area contributed by atoms with E-state index in [1.165, 1.54) is 23.5 Å². The molecule has 4 nitrogen and oxygen atoms in total. The van der Waals surface area contributed by atoms with E-state index >= 15 is 0 Å². The van der Waals surface area contributed by atoms with Crippen LogP contribution in [-0.2, 0) is 14.9 Å². The minimum atomic E-state index is -0.689. The van der Waals surface area contributed by atoms with E-state index in [0.29, 0.717) is 31.2 Å². The summed E-state index contributed by atoms with van der Waals surface area (Å²) >= 11 is 1.40. The first-order chi connectivity index (χ1) is 10.6. The molecular formula is C16H17FN2O2S. The quantitative estimate of drug-likeness (QED) is 0.944. The summed E-state index contributed by atoms with van der Waals surface area (Å²) in [6, 6.07) is 6.17. The Hall–Kier alpha value is -1.79. The molecule has 1 fully saturated rings. The third-order valence-corrected chi connectivity index (χ3v) is 4.89. The Balaban J connectivity index is 1.91. The molecule has 1 N–H and O–H groups in total. The van der Waals surface area contributed by atoms with Crippen LogP contribution in [0.2, 0.25) is 0 Å². The van der Waals surface area contributed by atoms with Crippen molar-refractivity contribution in [2.24, 2.45) is 0 Å². The van der Waals surface area contributed by atoms with Crippen LogP contribution in [0, 0.1) is 12.7 Å². The summed E-state index contributed by atoms with van der Waals surface area (Å²) < 4.78 is 18.6. The van der Waals surface area contributed by atoms with E-state index in [-0.39, 0.29) is 11.7 Å². The minimum Gasteiger partial charge on any atom is -0.381 e. The largest absolute Gasteiger partial charge is 0.381 e. The predicted octanol–water partition coefficient (Wildman–Crippen LogP) is 3.28. The van der Waals surface area contributed by atoms with Crippen molar-refractivity contribution in [2.75, 3.05) is 18.5 Å². The number of aromatic nitrogens is 1. The predicted molar refractivity (Wildman–Crippen MR) is 83.6 cm³/mol. The molecule has 1 amide bonds. The maximum atomic E-state index is 13.2. The summed E-state index contributed by atoms with van der Waals surface area (Å²) in [6.45, 7) is 2.92. The van der Waals surface area contributed by atoms with Gasteiger partial charge in [-0.15, -0.1) is 11.3 Å². The topological polar surface area (TPSA) is 51.2 Å². The fraction of sp³-hybridized carbons (Fsp3) is 0.375. The standard InChI is InChI=1S/C16H17FN2O2S/c1-11-10-22-15(18-11)19-14(20)16(6-8-21-9-7-16)12-2-4-13(17)5-3-12/h2-5,10H,6-9H2,1H3,(H,18,19,20). The molecule has 1 aromatic carbocycles. The van der Waals surface area contributed by atoms with Crippen molar-refractivity contribution in [2.45, 2.75) is 25.2 Å². The SMILES string of the molecule is Cc1csc(NC(=O)C2(c3ccc(F)cc3)CCOCC2)n1. The van der Waals surface area contributed by atoms with Crippen molar-refractivity contribution in [1.82, 2.24) is 4.98 Å². The molecule has 0 saturated carbocycles. The van der Waals surface area contributed by atoms with Crippen LogP contribution in [0.1, 0.15) is 24.1 Å². The zero-order chi connectivity index (χ0) is 15.6. The Morgan fingerprint density at radius 2 is 2.00 bits per heavy atom. The fourth-order valence-electron chi connectivity index (χ4n) is 2.76. The Morgan fingerprint density at radius 3 is 2.59 bits per heavy atom. The van der Waals surface area contributed by atoms with Gasteiger partial charge in [-0.3, -0.25) is 4.79 Å². The number of rotatable bonds is 3. The maximum Gasteiger partial charge on any atom is 0.236 e. The third kappa shape index (κ3) is 2.89. The first-order valence-corrected chi connectivity index (χ1v) is 8.05. The molecule has 6 heteroatoms. The van der Waals surface area contributed by atoms with Gasteiger partial charge in [0.05, 0.1) is 11.1 Å². The molecule has 0 aliphatic carbocycles. The maximum absolute atomic E-state index is 13.2. The number of carbonyl (C=O) groups is 1. The van der Waals surface area contributed by atoms with Gasteiger partial charge in [0.2, 0.25) is 5.91 Å². The number of thiazole rings is 1. The average molecular weight is 320 g/mol. The van der Waals surface area contributed by atoms with Gasteiger partial charge in [0.1, 0.15) is 5.82 Å². The molecule has 0 atom stereocenters. The van der Waals surface area contributed by atoms with Crippen LogP contribution in [0.5, 0.6) is 0 Å². The van der Waals surface area contributed by atoms with Crippen molar-refractivity contribution in [3.63, 3.8) is 0 Å².